The second-order valence-electron chi connectivity index (χ2n) is 10.8. The van der Waals surface area contributed by atoms with Crippen molar-refractivity contribution < 1.29 is 4.39 Å². The van der Waals surface area contributed by atoms with E-state index in [1.807, 2.05) is 12.1 Å². The van der Waals surface area contributed by atoms with E-state index in [1.165, 1.54) is 11.6 Å². The summed E-state index contributed by atoms with van der Waals surface area (Å²) in [6.45, 7) is 6.44. The topological polar surface area (TPSA) is 62.2 Å². The van der Waals surface area contributed by atoms with Gasteiger partial charge in [-0.25, -0.2) is 9.37 Å². The molecule has 3 aliphatic rings. The molecule has 0 spiro atoms. The first-order chi connectivity index (χ1) is 17.5. The van der Waals surface area contributed by atoms with Crippen LogP contribution in [-0.4, -0.2) is 72.1 Å². The molecule has 1 unspecified atom stereocenters. The summed E-state index contributed by atoms with van der Waals surface area (Å²) in [7, 11) is 2.18. The second-order valence-corrected chi connectivity index (χ2v) is 11.2. The number of nitriles is 1. The molecular formula is C28H32ClFN6. The van der Waals surface area contributed by atoms with Crippen LogP contribution in [0.15, 0.2) is 36.4 Å². The molecule has 2 aromatic carbocycles. The molecule has 0 bridgehead atoms. The number of benzene rings is 2. The number of imidazole rings is 1. The molecule has 3 atom stereocenters. The monoisotopic (exact) mass is 506 g/mol. The van der Waals surface area contributed by atoms with Crippen molar-refractivity contribution in [2.24, 2.45) is 5.92 Å². The number of fused-ring (bicyclic) bond motifs is 2. The first kappa shape index (κ1) is 23.7. The van der Waals surface area contributed by atoms with E-state index in [1.54, 1.807) is 6.07 Å². The quantitative estimate of drug-likeness (QED) is 0.499. The van der Waals surface area contributed by atoms with Gasteiger partial charge in [0, 0.05) is 50.2 Å². The highest BCUT2D eigenvalue weighted by Crippen LogP contribution is 2.65. The Morgan fingerprint density at radius 2 is 2.08 bits per heavy atom. The van der Waals surface area contributed by atoms with E-state index in [-0.39, 0.29) is 10.4 Å². The SMILES string of the molecule is CN1CCN(CCCN(c2nc3cc(Cl)c(F)cc3[nH]2)[C@@H]2CCC3(c4cccc(C#N)c4)C[C@H]23)CC1. The molecule has 36 heavy (non-hydrogen) atoms. The van der Waals surface area contributed by atoms with Crippen LogP contribution in [0.4, 0.5) is 10.3 Å². The summed E-state index contributed by atoms with van der Waals surface area (Å²) in [6.07, 6.45) is 4.40. The Morgan fingerprint density at radius 3 is 2.86 bits per heavy atom. The molecule has 1 N–H and O–H groups in total. The molecule has 2 aliphatic carbocycles. The lowest BCUT2D eigenvalue weighted by Crippen LogP contribution is -2.45. The number of aromatic nitrogens is 2. The van der Waals surface area contributed by atoms with Crippen LogP contribution in [0.1, 0.15) is 36.8 Å². The van der Waals surface area contributed by atoms with Gasteiger partial charge < -0.3 is 19.7 Å². The summed E-state index contributed by atoms with van der Waals surface area (Å²) in [6, 6.07) is 13.9. The minimum atomic E-state index is -0.430. The van der Waals surface area contributed by atoms with Crippen molar-refractivity contribution in [1.29, 1.82) is 5.26 Å². The fraction of sp³-hybridized carbons (Fsp3) is 0.500. The van der Waals surface area contributed by atoms with Gasteiger partial charge in [-0.1, -0.05) is 23.7 Å². The summed E-state index contributed by atoms with van der Waals surface area (Å²) in [4.78, 5) is 15.6. The van der Waals surface area contributed by atoms with Gasteiger partial charge in [0.05, 0.1) is 27.7 Å². The Balaban J connectivity index is 1.25. The van der Waals surface area contributed by atoms with Crippen LogP contribution in [0.5, 0.6) is 0 Å². The molecule has 188 valence electrons. The molecule has 2 saturated carbocycles. The van der Waals surface area contributed by atoms with Crippen molar-refractivity contribution in [3.8, 4) is 6.07 Å². The number of H-pyrrole nitrogens is 1. The minimum absolute atomic E-state index is 0.0987. The van der Waals surface area contributed by atoms with Gasteiger partial charge in [0.25, 0.3) is 0 Å². The summed E-state index contributed by atoms with van der Waals surface area (Å²) in [5, 5.41) is 9.50. The fourth-order valence-corrected chi connectivity index (χ4v) is 6.73. The Labute approximate surface area is 216 Å². The highest BCUT2D eigenvalue weighted by Gasteiger charge is 2.63. The van der Waals surface area contributed by atoms with E-state index < -0.39 is 5.82 Å². The largest absolute Gasteiger partial charge is 0.339 e. The molecule has 2 heterocycles. The number of anilines is 1. The van der Waals surface area contributed by atoms with E-state index in [2.05, 4.69) is 44.9 Å². The Bertz CT molecular complexity index is 1270. The number of aromatic amines is 1. The van der Waals surface area contributed by atoms with E-state index in [4.69, 9.17) is 16.6 Å². The van der Waals surface area contributed by atoms with Gasteiger partial charge in [0.2, 0.25) is 5.95 Å². The molecule has 3 fully saturated rings. The molecule has 0 radical (unpaired) electrons. The molecule has 6 rings (SSSR count). The van der Waals surface area contributed by atoms with Crippen LogP contribution >= 0.6 is 11.6 Å². The van der Waals surface area contributed by atoms with Crippen molar-refractivity contribution in [2.45, 2.75) is 37.1 Å². The highest BCUT2D eigenvalue weighted by molar-refractivity contribution is 6.31. The van der Waals surface area contributed by atoms with E-state index >= 15 is 0 Å². The zero-order chi connectivity index (χ0) is 24.9. The van der Waals surface area contributed by atoms with Crippen LogP contribution in [0, 0.1) is 23.1 Å². The lowest BCUT2D eigenvalue weighted by atomic mass is 9.92. The first-order valence-corrected chi connectivity index (χ1v) is 13.4. The van der Waals surface area contributed by atoms with Gasteiger partial charge in [0.1, 0.15) is 5.82 Å². The number of piperazine rings is 1. The molecule has 3 aromatic rings. The highest BCUT2D eigenvalue weighted by atomic mass is 35.5. The number of likely N-dealkylation sites (N-methyl/N-ethyl adjacent to an activating group) is 1. The van der Waals surface area contributed by atoms with E-state index in [0.717, 1.165) is 76.5 Å². The third-order valence-corrected chi connectivity index (χ3v) is 8.99. The standard InChI is InChI=1S/C28H32ClFN6/c1-34-10-12-35(13-11-34)8-3-9-36(27-32-24-15-22(29)23(30)16-25(24)33-27)26-6-7-28(17-21(26)28)20-5-2-4-19(14-20)18-31/h2,4-5,14-16,21,26H,3,6-13,17H2,1H3,(H,32,33)/t21-,26-,28?/m1/s1. The maximum atomic E-state index is 14.1. The normalized spacial score (nSPS) is 26.2. The molecule has 1 aliphatic heterocycles. The number of rotatable bonds is 7. The van der Waals surface area contributed by atoms with Gasteiger partial charge in [-0.2, -0.15) is 5.26 Å². The summed E-state index contributed by atoms with van der Waals surface area (Å²) in [5.74, 6) is 0.910. The molecule has 1 aromatic heterocycles. The molecule has 0 amide bonds. The van der Waals surface area contributed by atoms with Crippen LogP contribution in [-0.2, 0) is 5.41 Å². The maximum absolute atomic E-state index is 14.1. The zero-order valence-corrected chi connectivity index (χ0v) is 21.4. The van der Waals surface area contributed by atoms with Crippen LogP contribution in [0.25, 0.3) is 11.0 Å². The first-order valence-electron chi connectivity index (χ1n) is 13.0. The second kappa shape index (κ2) is 9.33. The number of hydrogen-bond donors (Lipinski definition) is 1. The number of nitrogens with zero attached hydrogens (tertiary/aromatic N) is 5. The predicted octanol–water partition coefficient (Wildman–Crippen LogP) is 4.79. The molecule has 6 nitrogen and oxygen atoms in total. The maximum Gasteiger partial charge on any atom is 0.204 e. The minimum Gasteiger partial charge on any atom is -0.339 e. The summed E-state index contributed by atoms with van der Waals surface area (Å²) < 4.78 is 14.1. The number of nitrogens with one attached hydrogen (secondary N) is 1. The number of halogens is 2. The Morgan fingerprint density at radius 1 is 1.25 bits per heavy atom. The van der Waals surface area contributed by atoms with E-state index in [0.29, 0.717) is 23.0 Å². The lowest BCUT2D eigenvalue weighted by molar-refractivity contribution is 0.153. The Kier molecular flexibility index (Phi) is 6.15. The predicted molar refractivity (Wildman–Crippen MR) is 141 cm³/mol. The molecule has 8 heteroatoms. The smallest absolute Gasteiger partial charge is 0.204 e. The average molecular weight is 507 g/mol. The zero-order valence-electron chi connectivity index (χ0n) is 20.7. The number of hydrogen-bond acceptors (Lipinski definition) is 5. The van der Waals surface area contributed by atoms with E-state index in [9.17, 15) is 9.65 Å². The van der Waals surface area contributed by atoms with Gasteiger partial charge in [-0.15, -0.1) is 0 Å². The van der Waals surface area contributed by atoms with Crippen molar-refractivity contribution in [3.63, 3.8) is 0 Å². The van der Waals surface area contributed by atoms with Gasteiger partial charge in [0.15, 0.2) is 0 Å². The molecule has 1 saturated heterocycles. The van der Waals surface area contributed by atoms with Gasteiger partial charge >= 0.3 is 0 Å². The van der Waals surface area contributed by atoms with Crippen molar-refractivity contribution in [1.82, 2.24) is 19.8 Å². The molecular weight excluding hydrogens is 475 g/mol. The van der Waals surface area contributed by atoms with Crippen molar-refractivity contribution in [3.05, 3.63) is 58.4 Å². The lowest BCUT2D eigenvalue weighted by Gasteiger charge is -2.34. The van der Waals surface area contributed by atoms with Crippen LogP contribution < -0.4 is 4.90 Å². The fourth-order valence-electron chi connectivity index (χ4n) is 6.57. The van der Waals surface area contributed by atoms with Crippen LogP contribution in [0.2, 0.25) is 5.02 Å². The Hall–Kier alpha value is -2.66. The average Bonchev–Trinajstić information content (AvgIpc) is 3.31. The van der Waals surface area contributed by atoms with Gasteiger partial charge in [-0.3, -0.25) is 0 Å². The third kappa shape index (κ3) is 4.26. The van der Waals surface area contributed by atoms with Gasteiger partial charge in [-0.05, 0) is 69.0 Å². The summed E-state index contributed by atoms with van der Waals surface area (Å²) >= 11 is 6.05. The third-order valence-electron chi connectivity index (χ3n) is 8.70. The summed E-state index contributed by atoms with van der Waals surface area (Å²) in [5.41, 5.74) is 3.57. The van der Waals surface area contributed by atoms with Crippen molar-refractivity contribution in [2.75, 3.05) is 51.2 Å². The van der Waals surface area contributed by atoms with Crippen LogP contribution in [0.3, 0.4) is 0 Å². The van der Waals surface area contributed by atoms with Crippen molar-refractivity contribution >= 4 is 28.6 Å².